The molecule has 1 unspecified atom stereocenters. The predicted molar refractivity (Wildman–Crippen MR) is 73.3 cm³/mol. The SMILES string of the molecule is COC(OC)(c1ccc(F)cc1)C(N)c1ccncc1. The fraction of sp³-hybridized carbons (Fsp3) is 0.267. The van der Waals surface area contributed by atoms with Gasteiger partial charge in [-0.15, -0.1) is 0 Å². The van der Waals surface area contributed by atoms with Crippen LogP contribution in [-0.4, -0.2) is 19.2 Å². The molecule has 0 amide bonds. The Morgan fingerprint density at radius 2 is 1.60 bits per heavy atom. The van der Waals surface area contributed by atoms with Crippen LogP contribution in [0.15, 0.2) is 48.8 Å². The molecule has 1 aromatic carbocycles. The second kappa shape index (κ2) is 6.09. The maximum atomic E-state index is 13.1. The Morgan fingerprint density at radius 1 is 1.05 bits per heavy atom. The summed E-state index contributed by atoms with van der Waals surface area (Å²) in [4.78, 5) is 3.96. The van der Waals surface area contributed by atoms with Crippen molar-refractivity contribution in [1.82, 2.24) is 4.98 Å². The second-order valence-electron chi connectivity index (χ2n) is 4.34. The standard InChI is InChI=1S/C15H17FN2O2/c1-19-15(20-2,12-3-5-13(16)6-4-12)14(17)11-7-9-18-10-8-11/h3-10,14H,17H2,1-2H3. The van der Waals surface area contributed by atoms with E-state index in [9.17, 15) is 4.39 Å². The number of nitrogens with two attached hydrogens (primary N) is 1. The Bertz CT molecular complexity index is 542. The monoisotopic (exact) mass is 276 g/mol. The molecule has 0 bridgehead atoms. The van der Waals surface area contributed by atoms with Crippen LogP contribution in [0.2, 0.25) is 0 Å². The number of benzene rings is 1. The number of ether oxygens (including phenoxy) is 2. The maximum Gasteiger partial charge on any atom is 0.214 e. The first-order valence-electron chi connectivity index (χ1n) is 6.16. The lowest BCUT2D eigenvalue weighted by atomic mass is 9.93. The topological polar surface area (TPSA) is 57.4 Å². The summed E-state index contributed by atoms with van der Waals surface area (Å²) in [6.45, 7) is 0. The van der Waals surface area contributed by atoms with Crippen molar-refractivity contribution in [3.05, 3.63) is 65.7 Å². The van der Waals surface area contributed by atoms with Crippen LogP contribution in [0.4, 0.5) is 4.39 Å². The molecule has 20 heavy (non-hydrogen) atoms. The molecule has 4 nitrogen and oxygen atoms in total. The van der Waals surface area contributed by atoms with Crippen molar-refractivity contribution in [2.45, 2.75) is 11.8 Å². The molecule has 0 aliphatic rings. The average Bonchev–Trinajstić information content (AvgIpc) is 2.51. The molecule has 0 aliphatic carbocycles. The minimum atomic E-state index is -1.19. The summed E-state index contributed by atoms with van der Waals surface area (Å²) in [5.74, 6) is -1.51. The third-order valence-electron chi connectivity index (χ3n) is 3.33. The van der Waals surface area contributed by atoms with Crippen molar-refractivity contribution in [2.75, 3.05) is 14.2 Å². The summed E-state index contributed by atoms with van der Waals surface area (Å²) < 4.78 is 24.2. The van der Waals surface area contributed by atoms with E-state index in [4.69, 9.17) is 15.2 Å². The van der Waals surface area contributed by atoms with Crippen LogP contribution in [0.1, 0.15) is 17.2 Å². The minimum absolute atomic E-state index is 0.327. The van der Waals surface area contributed by atoms with E-state index in [2.05, 4.69) is 4.98 Å². The number of pyridine rings is 1. The van der Waals surface area contributed by atoms with Gasteiger partial charge in [-0.2, -0.15) is 0 Å². The first kappa shape index (κ1) is 14.6. The highest BCUT2D eigenvalue weighted by atomic mass is 19.1. The summed E-state index contributed by atoms with van der Waals surface area (Å²) in [6, 6.07) is 8.91. The minimum Gasteiger partial charge on any atom is -0.348 e. The lowest BCUT2D eigenvalue weighted by Gasteiger charge is -2.36. The molecule has 0 saturated carbocycles. The van der Waals surface area contributed by atoms with Crippen molar-refractivity contribution in [3.8, 4) is 0 Å². The van der Waals surface area contributed by atoms with Gasteiger partial charge in [0.05, 0.1) is 6.04 Å². The summed E-state index contributed by atoms with van der Waals surface area (Å²) in [5.41, 5.74) is 7.75. The molecule has 2 N–H and O–H groups in total. The fourth-order valence-corrected chi connectivity index (χ4v) is 2.22. The summed E-state index contributed by atoms with van der Waals surface area (Å²) >= 11 is 0. The van der Waals surface area contributed by atoms with Gasteiger partial charge in [0.2, 0.25) is 5.79 Å². The molecule has 5 heteroatoms. The van der Waals surface area contributed by atoms with Crippen LogP contribution in [-0.2, 0) is 15.3 Å². The van der Waals surface area contributed by atoms with Gasteiger partial charge in [0.1, 0.15) is 5.82 Å². The largest absolute Gasteiger partial charge is 0.348 e. The molecule has 1 heterocycles. The van der Waals surface area contributed by atoms with Crippen molar-refractivity contribution in [3.63, 3.8) is 0 Å². The quantitative estimate of drug-likeness (QED) is 0.852. The Balaban J connectivity index is 2.46. The fourth-order valence-electron chi connectivity index (χ4n) is 2.22. The highest BCUT2D eigenvalue weighted by Gasteiger charge is 2.40. The van der Waals surface area contributed by atoms with Crippen molar-refractivity contribution >= 4 is 0 Å². The van der Waals surface area contributed by atoms with Gasteiger partial charge in [-0.3, -0.25) is 4.98 Å². The lowest BCUT2D eigenvalue weighted by molar-refractivity contribution is -0.231. The third kappa shape index (κ3) is 2.56. The summed E-state index contributed by atoms with van der Waals surface area (Å²) in [5, 5.41) is 0. The molecule has 0 fully saturated rings. The van der Waals surface area contributed by atoms with E-state index >= 15 is 0 Å². The van der Waals surface area contributed by atoms with Crippen molar-refractivity contribution < 1.29 is 13.9 Å². The molecular formula is C15H17FN2O2. The van der Waals surface area contributed by atoms with Gasteiger partial charge in [0.25, 0.3) is 0 Å². The molecule has 0 radical (unpaired) electrons. The zero-order valence-corrected chi connectivity index (χ0v) is 11.4. The summed E-state index contributed by atoms with van der Waals surface area (Å²) in [6.07, 6.45) is 3.30. The normalized spacial score (nSPS) is 13.2. The molecule has 0 spiro atoms. The van der Waals surface area contributed by atoms with Gasteiger partial charge in [-0.25, -0.2) is 4.39 Å². The van der Waals surface area contributed by atoms with Gasteiger partial charge < -0.3 is 15.2 Å². The van der Waals surface area contributed by atoms with Crippen molar-refractivity contribution in [1.29, 1.82) is 0 Å². The number of nitrogens with zero attached hydrogens (tertiary/aromatic N) is 1. The van der Waals surface area contributed by atoms with Crippen LogP contribution < -0.4 is 5.73 Å². The van der Waals surface area contributed by atoms with Crippen LogP contribution in [0.3, 0.4) is 0 Å². The van der Waals surface area contributed by atoms with Gasteiger partial charge in [0, 0.05) is 32.2 Å². The molecule has 1 atom stereocenters. The molecule has 0 aliphatic heterocycles. The Hall–Kier alpha value is -1.82. The molecule has 1 aromatic heterocycles. The van der Waals surface area contributed by atoms with E-state index in [1.807, 2.05) is 0 Å². The first-order valence-corrected chi connectivity index (χ1v) is 6.16. The first-order chi connectivity index (χ1) is 9.64. The van der Waals surface area contributed by atoms with Gasteiger partial charge >= 0.3 is 0 Å². The molecule has 0 saturated heterocycles. The number of methoxy groups -OCH3 is 2. The van der Waals surface area contributed by atoms with Crippen LogP contribution in [0.5, 0.6) is 0 Å². The molecule has 106 valence electrons. The van der Waals surface area contributed by atoms with E-state index in [-0.39, 0.29) is 5.82 Å². The zero-order valence-electron chi connectivity index (χ0n) is 11.4. The van der Waals surface area contributed by atoms with E-state index < -0.39 is 11.8 Å². The Kier molecular flexibility index (Phi) is 4.44. The zero-order chi connectivity index (χ0) is 14.6. The smallest absolute Gasteiger partial charge is 0.214 e. The van der Waals surface area contributed by atoms with Gasteiger partial charge in [-0.05, 0) is 29.8 Å². The van der Waals surface area contributed by atoms with Crippen LogP contribution in [0, 0.1) is 5.82 Å². The number of rotatable bonds is 5. The molecule has 2 rings (SSSR count). The average molecular weight is 276 g/mol. The number of halogens is 1. The molecular weight excluding hydrogens is 259 g/mol. The van der Waals surface area contributed by atoms with E-state index in [0.29, 0.717) is 5.56 Å². The maximum absolute atomic E-state index is 13.1. The lowest BCUT2D eigenvalue weighted by Crippen LogP contribution is -2.42. The van der Waals surface area contributed by atoms with Gasteiger partial charge in [-0.1, -0.05) is 12.1 Å². The predicted octanol–water partition coefficient (Wildman–Crippen LogP) is 2.37. The Morgan fingerprint density at radius 3 is 2.10 bits per heavy atom. The van der Waals surface area contributed by atoms with Crippen molar-refractivity contribution in [2.24, 2.45) is 5.73 Å². The van der Waals surface area contributed by atoms with Crippen LogP contribution in [0.25, 0.3) is 0 Å². The van der Waals surface area contributed by atoms with Crippen LogP contribution >= 0.6 is 0 Å². The van der Waals surface area contributed by atoms with E-state index in [0.717, 1.165) is 5.56 Å². The van der Waals surface area contributed by atoms with E-state index in [1.54, 1.807) is 36.7 Å². The van der Waals surface area contributed by atoms with E-state index in [1.165, 1.54) is 26.4 Å². The Labute approximate surface area is 117 Å². The summed E-state index contributed by atoms with van der Waals surface area (Å²) in [7, 11) is 3.02. The molecule has 2 aromatic rings. The highest BCUT2D eigenvalue weighted by Crippen LogP contribution is 2.37. The number of hydrogen-bond donors (Lipinski definition) is 1. The third-order valence-corrected chi connectivity index (χ3v) is 3.33. The van der Waals surface area contributed by atoms with Gasteiger partial charge in [0.15, 0.2) is 0 Å². The number of hydrogen-bond acceptors (Lipinski definition) is 4. The highest BCUT2D eigenvalue weighted by molar-refractivity contribution is 5.28. The number of aromatic nitrogens is 1. The second-order valence-corrected chi connectivity index (χ2v) is 4.34.